The molecule has 38 heavy (non-hydrogen) atoms. The standard InChI is InChI=1S/C26H25ClN6O4S/c1-4-37-25(35)15-6-5-14(8-15)19-11-30-22-24(31-19)38-26(32-22)33-23(34)18-10-28-13(2)7-16(18)17-9-21(27)29-12-20(17)36-3/h7,9-12,14-15H,4-6,8H2,1-3H3,(H,30,32,33,34). The van der Waals surface area contributed by atoms with Gasteiger partial charge in [-0.25, -0.2) is 15.0 Å². The van der Waals surface area contributed by atoms with Gasteiger partial charge in [0.2, 0.25) is 0 Å². The number of nitrogens with one attached hydrogen (secondary N) is 1. The molecule has 0 aromatic carbocycles. The number of anilines is 1. The molecule has 0 radical (unpaired) electrons. The fourth-order valence-corrected chi connectivity index (χ4v) is 5.58. The summed E-state index contributed by atoms with van der Waals surface area (Å²) in [6.45, 7) is 4.03. The molecule has 5 rings (SSSR count). The molecule has 196 valence electrons. The summed E-state index contributed by atoms with van der Waals surface area (Å²) in [5, 5.41) is 3.49. The third-order valence-corrected chi connectivity index (χ3v) is 7.52. The Hall–Kier alpha value is -3.70. The average Bonchev–Trinajstić information content (AvgIpc) is 3.55. The Morgan fingerprint density at radius 3 is 2.74 bits per heavy atom. The number of methoxy groups -OCH3 is 1. The predicted molar refractivity (Wildman–Crippen MR) is 144 cm³/mol. The lowest BCUT2D eigenvalue weighted by molar-refractivity contribution is -0.147. The first-order valence-electron chi connectivity index (χ1n) is 12.1. The topological polar surface area (TPSA) is 129 Å². The van der Waals surface area contributed by atoms with Gasteiger partial charge in [0.15, 0.2) is 15.6 Å². The Bertz CT molecular complexity index is 1530. The van der Waals surface area contributed by atoms with E-state index in [9.17, 15) is 9.59 Å². The molecule has 1 aliphatic rings. The molecule has 0 spiro atoms. The molecule has 0 saturated heterocycles. The van der Waals surface area contributed by atoms with Gasteiger partial charge in [0, 0.05) is 28.9 Å². The van der Waals surface area contributed by atoms with Crippen molar-refractivity contribution in [3.05, 3.63) is 52.8 Å². The van der Waals surface area contributed by atoms with E-state index >= 15 is 0 Å². The van der Waals surface area contributed by atoms with Crippen molar-refractivity contribution in [3.63, 3.8) is 0 Å². The number of esters is 1. The van der Waals surface area contributed by atoms with E-state index in [0.29, 0.717) is 51.1 Å². The van der Waals surface area contributed by atoms with Crippen LogP contribution in [0.25, 0.3) is 21.6 Å². The zero-order valence-corrected chi connectivity index (χ0v) is 22.6. The van der Waals surface area contributed by atoms with Gasteiger partial charge in [-0.2, -0.15) is 4.98 Å². The van der Waals surface area contributed by atoms with Crippen LogP contribution in [-0.4, -0.2) is 50.5 Å². The highest BCUT2D eigenvalue weighted by atomic mass is 35.5. The maximum absolute atomic E-state index is 13.4. The molecule has 2 unspecified atom stereocenters. The van der Waals surface area contributed by atoms with Gasteiger partial charge in [-0.1, -0.05) is 22.9 Å². The van der Waals surface area contributed by atoms with Gasteiger partial charge in [-0.05, 0) is 45.2 Å². The van der Waals surface area contributed by atoms with Crippen molar-refractivity contribution in [3.8, 4) is 16.9 Å². The van der Waals surface area contributed by atoms with Gasteiger partial charge >= 0.3 is 5.97 Å². The second kappa shape index (κ2) is 11.0. The number of fused-ring (bicyclic) bond motifs is 1. The number of amides is 1. The summed E-state index contributed by atoms with van der Waals surface area (Å²) in [4.78, 5) is 48.1. The molecule has 1 aliphatic carbocycles. The lowest BCUT2D eigenvalue weighted by Crippen LogP contribution is -2.14. The second-order valence-electron chi connectivity index (χ2n) is 8.93. The van der Waals surface area contributed by atoms with Gasteiger partial charge in [-0.15, -0.1) is 0 Å². The van der Waals surface area contributed by atoms with Crippen LogP contribution in [0.15, 0.2) is 30.7 Å². The molecule has 1 amide bonds. The maximum Gasteiger partial charge on any atom is 0.308 e. The van der Waals surface area contributed by atoms with Gasteiger partial charge in [0.1, 0.15) is 10.9 Å². The van der Waals surface area contributed by atoms with Crippen LogP contribution >= 0.6 is 22.9 Å². The number of ether oxygens (including phenoxy) is 2. The highest BCUT2D eigenvalue weighted by Crippen LogP contribution is 2.39. The van der Waals surface area contributed by atoms with E-state index in [1.807, 2.05) is 13.8 Å². The van der Waals surface area contributed by atoms with Gasteiger partial charge < -0.3 is 9.47 Å². The molecule has 1 saturated carbocycles. The Morgan fingerprint density at radius 1 is 1.11 bits per heavy atom. The smallest absolute Gasteiger partial charge is 0.308 e. The largest absolute Gasteiger partial charge is 0.494 e. The molecule has 2 atom stereocenters. The van der Waals surface area contributed by atoms with Crippen molar-refractivity contribution < 1.29 is 19.1 Å². The molecule has 10 nitrogen and oxygen atoms in total. The van der Waals surface area contributed by atoms with Crippen molar-refractivity contribution in [1.82, 2.24) is 24.9 Å². The van der Waals surface area contributed by atoms with Crippen LogP contribution in [0.2, 0.25) is 5.15 Å². The number of nitrogens with zero attached hydrogens (tertiary/aromatic N) is 5. The highest BCUT2D eigenvalue weighted by Gasteiger charge is 2.33. The molecule has 4 heterocycles. The molecule has 1 fully saturated rings. The van der Waals surface area contributed by atoms with E-state index in [2.05, 4.69) is 25.3 Å². The van der Waals surface area contributed by atoms with Crippen molar-refractivity contribution >= 4 is 50.4 Å². The third-order valence-electron chi connectivity index (χ3n) is 6.46. The summed E-state index contributed by atoms with van der Waals surface area (Å²) in [5.41, 5.74) is 3.54. The minimum atomic E-state index is -0.394. The molecule has 0 bridgehead atoms. The van der Waals surface area contributed by atoms with Gasteiger partial charge in [0.05, 0.1) is 43.3 Å². The summed E-state index contributed by atoms with van der Waals surface area (Å²) >= 11 is 7.38. The zero-order valence-electron chi connectivity index (χ0n) is 21.0. The lowest BCUT2D eigenvalue weighted by atomic mass is 10.0. The number of aromatic nitrogens is 5. The average molecular weight is 553 g/mol. The van der Waals surface area contributed by atoms with Crippen LogP contribution in [0.1, 0.15) is 53.8 Å². The number of rotatable bonds is 7. The second-order valence-corrected chi connectivity index (χ2v) is 10.3. The number of pyridine rings is 2. The van der Waals surface area contributed by atoms with Crippen molar-refractivity contribution in [2.75, 3.05) is 19.0 Å². The Labute approximate surface area is 227 Å². The number of hydrogen-bond acceptors (Lipinski definition) is 10. The first-order chi connectivity index (χ1) is 18.4. The fraction of sp³-hybridized carbons (Fsp3) is 0.346. The molecule has 12 heteroatoms. The molecule has 4 aromatic heterocycles. The predicted octanol–water partition coefficient (Wildman–Crippen LogP) is 5.21. The fourth-order valence-electron chi connectivity index (χ4n) is 4.63. The normalized spacial score (nSPS) is 16.9. The van der Waals surface area contributed by atoms with E-state index in [1.165, 1.54) is 30.8 Å². The van der Waals surface area contributed by atoms with E-state index in [4.69, 9.17) is 26.1 Å². The van der Waals surface area contributed by atoms with E-state index < -0.39 is 5.91 Å². The van der Waals surface area contributed by atoms with Crippen LogP contribution in [0, 0.1) is 12.8 Å². The van der Waals surface area contributed by atoms with Crippen molar-refractivity contribution in [2.45, 2.75) is 39.0 Å². The molecule has 1 N–H and O–H groups in total. The van der Waals surface area contributed by atoms with E-state index in [1.54, 1.807) is 18.3 Å². The Balaban J connectivity index is 1.38. The van der Waals surface area contributed by atoms with Crippen LogP contribution in [0.3, 0.4) is 0 Å². The number of carbonyl (C=O) groups excluding carboxylic acids is 2. The van der Waals surface area contributed by atoms with Crippen LogP contribution in [0.5, 0.6) is 5.75 Å². The van der Waals surface area contributed by atoms with Gasteiger partial charge in [0.25, 0.3) is 5.91 Å². The zero-order chi connectivity index (χ0) is 26.8. The first-order valence-corrected chi connectivity index (χ1v) is 13.3. The minimum Gasteiger partial charge on any atom is -0.494 e. The third kappa shape index (κ3) is 5.30. The number of thiazole rings is 1. The van der Waals surface area contributed by atoms with Crippen LogP contribution < -0.4 is 10.1 Å². The first kappa shape index (κ1) is 25.9. The number of hydrogen-bond donors (Lipinski definition) is 1. The van der Waals surface area contributed by atoms with Crippen LogP contribution in [-0.2, 0) is 9.53 Å². The quantitative estimate of drug-likeness (QED) is 0.242. The summed E-state index contributed by atoms with van der Waals surface area (Å²) in [6.07, 6.45) is 7.03. The monoisotopic (exact) mass is 552 g/mol. The molecule has 4 aromatic rings. The lowest BCUT2D eigenvalue weighted by Gasteiger charge is -2.13. The summed E-state index contributed by atoms with van der Waals surface area (Å²) in [7, 11) is 1.53. The number of aryl methyl sites for hydroxylation is 1. The van der Waals surface area contributed by atoms with E-state index in [0.717, 1.165) is 24.2 Å². The Kier molecular flexibility index (Phi) is 7.48. The summed E-state index contributed by atoms with van der Waals surface area (Å²) < 4.78 is 10.6. The molecular weight excluding hydrogens is 528 g/mol. The molecule has 0 aliphatic heterocycles. The SMILES string of the molecule is CCOC(=O)C1CCC(c2cnc3nc(NC(=O)c4cnc(C)cc4-c4cc(Cl)ncc4OC)sc3n2)C1. The maximum atomic E-state index is 13.4. The number of carbonyl (C=O) groups is 2. The van der Waals surface area contributed by atoms with E-state index in [-0.39, 0.29) is 23.0 Å². The molecular formula is C26H25ClN6O4S. The van der Waals surface area contributed by atoms with Gasteiger partial charge in [-0.3, -0.25) is 19.9 Å². The van der Waals surface area contributed by atoms with Crippen molar-refractivity contribution in [1.29, 1.82) is 0 Å². The Morgan fingerprint density at radius 2 is 1.95 bits per heavy atom. The summed E-state index contributed by atoms with van der Waals surface area (Å²) in [5.74, 6) is -0.0462. The minimum absolute atomic E-state index is 0.111. The van der Waals surface area contributed by atoms with Crippen LogP contribution in [0.4, 0.5) is 5.13 Å². The number of halogens is 1. The summed E-state index contributed by atoms with van der Waals surface area (Å²) in [6, 6.07) is 3.44. The highest BCUT2D eigenvalue weighted by molar-refractivity contribution is 7.21. The van der Waals surface area contributed by atoms with Crippen molar-refractivity contribution in [2.24, 2.45) is 5.92 Å².